The maximum Gasteiger partial charge on any atom is 0.314 e. The largest absolute Gasteiger partial charge is 0.507 e. The molecule has 4 rings (SSSR count). The van der Waals surface area contributed by atoms with Gasteiger partial charge < -0.3 is 41.8 Å². The number of nitrogen functional groups attached to an aromatic ring is 1. The third-order valence-electron chi connectivity index (χ3n) is 6.29. The molecule has 1 heterocycles. The van der Waals surface area contributed by atoms with Crippen molar-refractivity contribution >= 4 is 34.8 Å². The highest BCUT2D eigenvalue weighted by Crippen LogP contribution is 2.44. The Bertz CT molecular complexity index is 1660. The zero-order valence-corrected chi connectivity index (χ0v) is 21.1. The van der Waals surface area contributed by atoms with Gasteiger partial charge in [-0.1, -0.05) is 6.07 Å². The van der Waals surface area contributed by atoms with Gasteiger partial charge in [0.05, 0.1) is 28.9 Å². The van der Waals surface area contributed by atoms with Crippen molar-refractivity contribution in [2.75, 3.05) is 7.05 Å². The number of nitrogens with two attached hydrogens (primary N) is 1. The van der Waals surface area contributed by atoms with Gasteiger partial charge in [-0.05, 0) is 53.6 Å². The number of phenolic OH excluding ortho intramolecular Hbond substituents is 2. The molecule has 4 aromatic rings. The molecular formula is C27H26N6O7. The number of imidazole rings is 1. The molecule has 1 aromatic heterocycles. The Labute approximate surface area is 226 Å². The SMILES string of the molecule is CNC(=O)NCc1ccc(O)c(-c2cc(C(CC(=O)O)C(=O)O)cc(-c3nc4ccc(C(=N)N)cc4[nH]3)c2O)c1. The van der Waals surface area contributed by atoms with Gasteiger partial charge in [-0.25, -0.2) is 9.78 Å². The molecule has 0 fully saturated rings. The van der Waals surface area contributed by atoms with Crippen molar-refractivity contribution in [1.82, 2.24) is 20.6 Å². The smallest absolute Gasteiger partial charge is 0.314 e. The van der Waals surface area contributed by atoms with Crippen LogP contribution < -0.4 is 16.4 Å². The van der Waals surface area contributed by atoms with Crippen LogP contribution in [0.15, 0.2) is 48.5 Å². The number of hydrogen-bond donors (Lipinski definition) is 9. The van der Waals surface area contributed by atoms with E-state index in [9.17, 15) is 34.8 Å². The molecule has 2 amide bonds. The Morgan fingerprint density at radius 3 is 2.40 bits per heavy atom. The molecule has 0 aliphatic heterocycles. The second kappa shape index (κ2) is 11.0. The molecule has 0 saturated carbocycles. The molecule has 1 atom stereocenters. The molecule has 0 aliphatic carbocycles. The summed E-state index contributed by atoms with van der Waals surface area (Å²) >= 11 is 0. The number of fused-ring (bicyclic) bond motifs is 1. The summed E-state index contributed by atoms with van der Waals surface area (Å²) in [5, 5.41) is 54.0. The summed E-state index contributed by atoms with van der Waals surface area (Å²) in [7, 11) is 1.46. The predicted octanol–water partition coefficient (Wildman–Crippen LogP) is 2.66. The molecule has 0 saturated heterocycles. The van der Waals surface area contributed by atoms with Gasteiger partial charge in [0.1, 0.15) is 23.2 Å². The van der Waals surface area contributed by atoms with Gasteiger partial charge in [0, 0.05) is 30.3 Å². The molecular weight excluding hydrogens is 520 g/mol. The zero-order chi connectivity index (χ0) is 29.1. The van der Waals surface area contributed by atoms with Gasteiger partial charge >= 0.3 is 18.0 Å². The normalized spacial score (nSPS) is 11.6. The number of aliphatic carboxylic acids is 2. The quantitative estimate of drug-likeness (QED) is 0.111. The molecule has 10 N–H and O–H groups in total. The Hall–Kier alpha value is -5.59. The number of amidine groups is 1. The van der Waals surface area contributed by atoms with Crippen molar-refractivity contribution in [3.8, 4) is 34.0 Å². The lowest BCUT2D eigenvalue weighted by molar-refractivity contribution is -0.145. The van der Waals surface area contributed by atoms with E-state index in [4.69, 9.17) is 11.1 Å². The van der Waals surface area contributed by atoms with Crippen LogP contribution in [0.1, 0.15) is 29.0 Å². The van der Waals surface area contributed by atoms with Crippen molar-refractivity contribution < 1.29 is 34.8 Å². The van der Waals surface area contributed by atoms with Gasteiger partial charge in [-0.3, -0.25) is 15.0 Å². The highest BCUT2D eigenvalue weighted by atomic mass is 16.4. The minimum Gasteiger partial charge on any atom is -0.507 e. The van der Waals surface area contributed by atoms with Crippen molar-refractivity contribution in [3.05, 3.63) is 65.2 Å². The van der Waals surface area contributed by atoms with E-state index < -0.39 is 30.3 Å². The first-order valence-corrected chi connectivity index (χ1v) is 11.9. The number of rotatable bonds is 9. The first kappa shape index (κ1) is 27.4. The van der Waals surface area contributed by atoms with Crippen LogP contribution in [0.2, 0.25) is 0 Å². The van der Waals surface area contributed by atoms with Crippen LogP contribution >= 0.6 is 0 Å². The number of benzene rings is 3. The number of nitrogens with zero attached hydrogens (tertiary/aromatic N) is 1. The molecule has 1 unspecified atom stereocenters. The monoisotopic (exact) mass is 546 g/mol. The van der Waals surface area contributed by atoms with Gasteiger partial charge in [0.25, 0.3) is 0 Å². The third-order valence-corrected chi connectivity index (χ3v) is 6.29. The van der Waals surface area contributed by atoms with E-state index in [1.807, 2.05) is 0 Å². The lowest BCUT2D eigenvalue weighted by Gasteiger charge is -2.17. The first-order valence-electron chi connectivity index (χ1n) is 11.9. The second-order valence-electron chi connectivity index (χ2n) is 8.97. The summed E-state index contributed by atoms with van der Waals surface area (Å²) in [6.07, 6.45) is -0.733. The number of phenols is 2. The van der Waals surface area contributed by atoms with Crippen LogP contribution in [0.5, 0.6) is 11.5 Å². The molecule has 13 nitrogen and oxygen atoms in total. The van der Waals surface area contributed by atoms with E-state index in [0.29, 0.717) is 22.2 Å². The summed E-state index contributed by atoms with van der Waals surface area (Å²) < 4.78 is 0. The second-order valence-corrected chi connectivity index (χ2v) is 8.97. The molecule has 0 radical (unpaired) electrons. The Kier molecular flexibility index (Phi) is 7.57. The minimum atomic E-state index is -1.48. The van der Waals surface area contributed by atoms with Gasteiger partial charge in [0.15, 0.2) is 0 Å². The fraction of sp³-hybridized carbons (Fsp3) is 0.148. The maximum atomic E-state index is 12.1. The lowest BCUT2D eigenvalue weighted by atomic mass is 9.89. The van der Waals surface area contributed by atoms with E-state index in [2.05, 4.69) is 20.6 Å². The highest BCUT2D eigenvalue weighted by Gasteiger charge is 2.27. The molecule has 13 heteroatoms. The lowest BCUT2D eigenvalue weighted by Crippen LogP contribution is -2.32. The molecule has 0 bridgehead atoms. The number of aromatic nitrogens is 2. The van der Waals surface area contributed by atoms with Crippen molar-refractivity contribution in [1.29, 1.82) is 5.41 Å². The fourth-order valence-corrected chi connectivity index (χ4v) is 4.25. The number of carbonyl (C=O) groups is 3. The third kappa shape index (κ3) is 5.62. The number of amides is 2. The summed E-state index contributed by atoms with van der Waals surface area (Å²) in [4.78, 5) is 42.7. The van der Waals surface area contributed by atoms with Crippen LogP contribution in [0.25, 0.3) is 33.5 Å². The van der Waals surface area contributed by atoms with Gasteiger partial charge in [-0.15, -0.1) is 0 Å². The van der Waals surface area contributed by atoms with Crippen LogP contribution in [0.4, 0.5) is 4.79 Å². The zero-order valence-electron chi connectivity index (χ0n) is 21.1. The van der Waals surface area contributed by atoms with Gasteiger partial charge in [0.2, 0.25) is 0 Å². The van der Waals surface area contributed by atoms with E-state index in [1.54, 1.807) is 24.3 Å². The van der Waals surface area contributed by atoms with Crippen molar-refractivity contribution in [3.63, 3.8) is 0 Å². The number of hydrogen-bond acceptors (Lipinski definition) is 7. The van der Waals surface area contributed by atoms with Gasteiger partial charge in [-0.2, -0.15) is 0 Å². The summed E-state index contributed by atoms with van der Waals surface area (Å²) in [5.41, 5.74) is 7.77. The number of carboxylic acid groups (broad SMARTS) is 2. The molecule has 0 spiro atoms. The first-order chi connectivity index (χ1) is 19.0. The summed E-state index contributed by atoms with van der Waals surface area (Å²) in [5.74, 6) is -4.85. The highest BCUT2D eigenvalue weighted by molar-refractivity contribution is 5.98. The number of aromatic amines is 1. The predicted molar refractivity (Wildman–Crippen MR) is 145 cm³/mol. The van der Waals surface area contributed by atoms with E-state index in [1.165, 1.54) is 31.3 Å². The van der Waals surface area contributed by atoms with Crippen LogP contribution in [0, 0.1) is 5.41 Å². The number of carbonyl (C=O) groups excluding carboxylic acids is 1. The number of urea groups is 1. The van der Waals surface area contributed by atoms with Crippen LogP contribution in [-0.2, 0) is 16.1 Å². The van der Waals surface area contributed by atoms with Crippen molar-refractivity contribution in [2.24, 2.45) is 5.73 Å². The van der Waals surface area contributed by atoms with Crippen LogP contribution in [-0.4, -0.2) is 61.2 Å². The van der Waals surface area contributed by atoms with E-state index >= 15 is 0 Å². The Balaban J connectivity index is 1.93. The number of carboxylic acids is 2. The number of H-pyrrole nitrogens is 1. The Morgan fingerprint density at radius 1 is 1.02 bits per heavy atom. The maximum absolute atomic E-state index is 12.1. The van der Waals surface area contributed by atoms with Crippen LogP contribution in [0.3, 0.4) is 0 Å². The fourth-order valence-electron chi connectivity index (χ4n) is 4.25. The summed E-state index contributed by atoms with van der Waals surface area (Å²) in [6, 6.07) is 11.4. The minimum absolute atomic E-state index is 0.0216. The average Bonchev–Trinajstić information content (AvgIpc) is 3.34. The molecule has 206 valence electrons. The van der Waals surface area contributed by atoms with Crippen molar-refractivity contribution in [2.45, 2.75) is 18.9 Å². The standard InChI is InChI=1S/C27H26N6O7/c1-30-27(40)31-11-12-2-5-21(34)16(6-12)17-7-14(15(26(38)39)10-22(35)36)8-18(23(17)37)25-32-19-4-3-13(24(28)29)9-20(19)33-25/h2-9,15,34,37H,10-11H2,1H3,(H3,28,29)(H,32,33)(H,35,36)(H,38,39)(H2,30,31,40). The number of aromatic hydroxyl groups is 2. The van der Waals surface area contributed by atoms with E-state index in [-0.39, 0.29) is 52.0 Å². The number of nitrogens with one attached hydrogen (secondary N) is 4. The molecule has 3 aromatic carbocycles. The topological polar surface area (TPSA) is 235 Å². The molecule has 0 aliphatic rings. The average molecular weight is 547 g/mol. The summed E-state index contributed by atoms with van der Waals surface area (Å²) in [6.45, 7) is 0.0824. The molecule has 40 heavy (non-hydrogen) atoms. The van der Waals surface area contributed by atoms with E-state index in [0.717, 1.165) is 0 Å². The Morgan fingerprint density at radius 2 is 1.75 bits per heavy atom.